The van der Waals surface area contributed by atoms with Crippen molar-refractivity contribution in [2.24, 2.45) is 0 Å². The van der Waals surface area contributed by atoms with Gasteiger partial charge in [0.25, 0.3) is 0 Å². The van der Waals surface area contributed by atoms with Crippen molar-refractivity contribution in [3.63, 3.8) is 0 Å². The highest BCUT2D eigenvalue weighted by Crippen LogP contribution is 2.24. The maximum absolute atomic E-state index is 12.2. The lowest BCUT2D eigenvalue weighted by atomic mass is 10.0. The fourth-order valence-corrected chi connectivity index (χ4v) is 4.63. The van der Waals surface area contributed by atoms with E-state index in [1.54, 1.807) is 0 Å². The van der Waals surface area contributed by atoms with Gasteiger partial charge in [0.1, 0.15) is 11.5 Å². The zero-order valence-electron chi connectivity index (χ0n) is 11.1. The smallest absolute Gasteiger partial charge is 0.237 e. The van der Waals surface area contributed by atoms with E-state index in [0.717, 1.165) is 19.3 Å². The van der Waals surface area contributed by atoms with Gasteiger partial charge in [0.2, 0.25) is 5.91 Å². The molecule has 0 aromatic rings. The van der Waals surface area contributed by atoms with Crippen LogP contribution in [0.4, 0.5) is 0 Å². The first-order valence-electron chi connectivity index (χ1n) is 7.00. The molecule has 2 fully saturated rings. The van der Waals surface area contributed by atoms with Crippen molar-refractivity contribution in [3.05, 3.63) is 0 Å². The van der Waals surface area contributed by atoms with E-state index >= 15 is 0 Å². The molecule has 19 heavy (non-hydrogen) atoms. The first-order chi connectivity index (χ1) is 8.99. The van der Waals surface area contributed by atoms with Crippen molar-refractivity contribution in [2.45, 2.75) is 50.2 Å². The standard InChI is InChI=1S/C13H21NO4S/c15-11-6-8-14(9-7-11)13(16)10-19(17,18)12-4-2-1-3-5-12/h12H,1-10H2. The fraction of sp³-hybridized carbons (Fsp3) is 0.846. The molecule has 6 heteroatoms. The quantitative estimate of drug-likeness (QED) is 0.774. The number of piperidine rings is 1. The van der Waals surface area contributed by atoms with Gasteiger partial charge in [0, 0.05) is 25.9 Å². The molecular formula is C13H21NO4S. The van der Waals surface area contributed by atoms with E-state index < -0.39 is 9.84 Å². The van der Waals surface area contributed by atoms with Gasteiger partial charge in [0.05, 0.1) is 5.25 Å². The number of nitrogens with zero attached hydrogens (tertiary/aromatic N) is 1. The molecule has 5 nitrogen and oxygen atoms in total. The predicted octanol–water partition coefficient (Wildman–Crippen LogP) is 0.925. The van der Waals surface area contributed by atoms with Gasteiger partial charge in [-0.3, -0.25) is 9.59 Å². The third kappa shape index (κ3) is 3.78. The van der Waals surface area contributed by atoms with Gasteiger partial charge in [-0.2, -0.15) is 0 Å². The van der Waals surface area contributed by atoms with Crippen LogP contribution < -0.4 is 0 Å². The minimum absolute atomic E-state index is 0.152. The van der Waals surface area contributed by atoms with Crippen molar-refractivity contribution < 1.29 is 18.0 Å². The molecule has 0 N–H and O–H groups in total. The Morgan fingerprint density at radius 3 is 2.26 bits per heavy atom. The fourth-order valence-electron chi connectivity index (χ4n) is 2.81. The van der Waals surface area contributed by atoms with Crippen LogP contribution in [0.15, 0.2) is 0 Å². The molecule has 1 aliphatic heterocycles. The maximum Gasteiger partial charge on any atom is 0.237 e. The Morgan fingerprint density at radius 2 is 1.68 bits per heavy atom. The normalized spacial score (nSPS) is 22.5. The number of hydrogen-bond acceptors (Lipinski definition) is 4. The van der Waals surface area contributed by atoms with Crippen LogP contribution in [0, 0.1) is 0 Å². The summed E-state index contributed by atoms with van der Waals surface area (Å²) in [5.41, 5.74) is 0. The molecule has 0 unspecified atom stereocenters. The van der Waals surface area contributed by atoms with Crippen LogP contribution >= 0.6 is 0 Å². The Labute approximate surface area is 114 Å². The summed E-state index contributed by atoms with van der Waals surface area (Å²) in [4.78, 5) is 24.6. The molecule has 0 atom stereocenters. The van der Waals surface area contributed by atoms with E-state index in [-0.39, 0.29) is 22.7 Å². The van der Waals surface area contributed by atoms with Gasteiger partial charge in [-0.05, 0) is 12.8 Å². The van der Waals surface area contributed by atoms with E-state index in [4.69, 9.17) is 0 Å². The van der Waals surface area contributed by atoms with Gasteiger partial charge in [0.15, 0.2) is 9.84 Å². The Hall–Kier alpha value is -0.910. The highest BCUT2D eigenvalue weighted by atomic mass is 32.2. The van der Waals surface area contributed by atoms with Crippen LogP contribution in [0.25, 0.3) is 0 Å². The Balaban J connectivity index is 1.91. The summed E-state index contributed by atoms with van der Waals surface area (Å²) in [5, 5.41) is -0.336. The number of amides is 1. The molecular weight excluding hydrogens is 266 g/mol. The van der Waals surface area contributed by atoms with Crippen LogP contribution in [-0.4, -0.2) is 49.1 Å². The van der Waals surface area contributed by atoms with E-state index in [1.165, 1.54) is 4.90 Å². The monoisotopic (exact) mass is 287 g/mol. The highest BCUT2D eigenvalue weighted by molar-refractivity contribution is 7.92. The Kier molecular flexibility index (Phi) is 4.60. The summed E-state index contributed by atoms with van der Waals surface area (Å²) >= 11 is 0. The summed E-state index contributed by atoms with van der Waals surface area (Å²) < 4.78 is 24.4. The number of carbonyl (C=O) groups is 2. The first-order valence-corrected chi connectivity index (χ1v) is 8.71. The van der Waals surface area contributed by atoms with E-state index in [9.17, 15) is 18.0 Å². The van der Waals surface area contributed by atoms with Crippen LogP contribution in [0.5, 0.6) is 0 Å². The summed E-state index contributed by atoms with van der Waals surface area (Å²) in [6.45, 7) is 0.746. The number of rotatable bonds is 3. The average molecular weight is 287 g/mol. The molecule has 1 heterocycles. The third-order valence-corrected chi connectivity index (χ3v) is 6.20. The molecule has 1 saturated heterocycles. The SMILES string of the molecule is O=C1CCN(C(=O)CS(=O)(=O)C2CCCCC2)CC1. The molecule has 0 radical (unpaired) electrons. The highest BCUT2D eigenvalue weighted by Gasteiger charge is 2.31. The first kappa shape index (κ1) is 14.5. The number of carbonyl (C=O) groups excluding carboxylic acids is 2. The average Bonchev–Trinajstić information content (AvgIpc) is 2.40. The van der Waals surface area contributed by atoms with Crippen LogP contribution in [0.3, 0.4) is 0 Å². The van der Waals surface area contributed by atoms with E-state index in [0.29, 0.717) is 38.8 Å². The molecule has 2 rings (SSSR count). The Bertz CT molecular complexity index is 441. The minimum atomic E-state index is -3.32. The lowest BCUT2D eigenvalue weighted by Crippen LogP contribution is -2.43. The van der Waals surface area contributed by atoms with Crippen molar-refractivity contribution in [3.8, 4) is 0 Å². The number of ketones is 1. The summed E-state index contributed by atoms with van der Waals surface area (Å²) in [6, 6.07) is 0. The number of Topliss-reactive ketones (excluding diaryl/α,β-unsaturated/α-hetero) is 1. The van der Waals surface area contributed by atoms with E-state index in [1.807, 2.05) is 0 Å². The van der Waals surface area contributed by atoms with Crippen LogP contribution in [0.2, 0.25) is 0 Å². The lowest BCUT2D eigenvalue weighted by Gasteiger charge is -2.27. The van der Waals surface area contributed by atoms with Gasteiger partial charge in [-0.1, -0.05) is 19.3 Å². The van der Waals surface area contributed by atoms with Crippen LogP contribution in [0.1, 0.15) is 44.9 Å². The van der Waals surface area contributed by atoms with E-state index in [2.05, 4.69) is 0 Å². The van der Waals surface area contributed by atoms with Crippen molar-refractivity contribution in [1.29, 1.82) is 0 Å². The van der Waals surface area contributed by atoms with Crippen LogP contribution in [-0.2, 0) is 19.4 Å². The molecule has 1 saturated carbocycles. The predicted molar refractivity (Wildman–Crippen MR) is 71.5 cm³/mol. The van der Waals surface area contributed by atoms with Crippen molar-refractivity contribution in [1.82, 2.24) is 4.90 Å². The van der Waals surface area contributed by atoms with Crippen molar-refractivity contribution >= 4 is 21.5 Å². The molecule has 1 aliphatic carbocycles. The maximum atomic E-state index is 12.2. The molecule has 0 spiro atoms. The topological polar surface area (TPSA) is 71.5 Å². The second-order valence-electron chi connectivity index (χ2n) is 5.49. The van der Waals surface area contributed by atoms with Gasteiger partial charge < -0.3 is 4.90 Å². The molecule has 0 bridgehead atoms. The molecule has 0 aromatic carbocycles. The molecule has 108 valence electrons. The lowest BCUT2D eigenvalue weighted by molar-refractivity contribution is -0.132. The summed E-state index contributed by atoms with van der Waals surface area (Å²) in [6.07, 6.45) is 5.06. The molecule has 1 amide bonds. The minimum Gasteiger partial charge on any atom is -0.341 e. The second kappa shape index (κ2) is 6.03. The summed E-state index contributed by atoms with van der Waals surface area (Å²) in [7, 11) is -3.32. The van der Waals surface area contributed by atoms with Gasteiger partial charge in [-0.15, -0.1) is 0 Å². The molecule has 2 aliphatic rings. The second-order valence-corrected chi connectivity index (χ2v) is 7.77. The van der Waals surface area contributed by atoms with Gasteiger partial charge >= 0.3 is 0 Å². The zero-order chi connectivity index (χ0) is 13.9. The summed E-state index contributed by atoms with van der Waals surface area (Å²) in [5.74, 6) is -0.566. The van der Waals surface area contributed by atoms with Crippen molar-refractivity contribution in [2.75, 3.05) is 18.8 Å². The number of hydrogen-bond donors (Lipinski definition) is 0. The zero-order valence-corrected chi connectivity index (χ0v) is 12.0. The van der Waals surface area contributed by atoms with Gasteiger partial charge in [-0.25, -0.2) is 8.42 Å². The number of likely N-dealkylation sites (tertiary alicyclic amines) is 1. The largest absolute Gasteiger partial charge is 0.341 e. The number of sulfone groups is 1. The Morgan fingerprint density at radius 1 is 1.11 bits per heavy atom. The molecule has 0 aromatic heterocycles. The third-order valence-electron chi connectivity index (χ3n) is 4.06.